The van der Waals surface area contributed by atoms with Crippen molar-refractivity contribution in [3.63, 3.8) is 0 Å². The van der Waals surface area contributed by atoms with Crippen LogP contribution < -0.4 is 11.1 Å². The van der Waals surface area contributed by atoms with E-state index in [9.17, 15) is 9.59 Å². The number of rotatable bonds is 6. The summed E-state index contributed by atoms with van der Waals surface area (Å²) >= 11 is 0. The summed E-state index contributed by atoms with van der Waals surface area (Å²) in [5.41, 5.74) is 5.53. The molecule has 4 nitrogen and oxygen atoms in total. The molecule has 0 aliphatic rings. The molecule has 96 valence electrons. The third-order valence-electron chi connectivity index (χ3n) is 1.92. The van der Waals surface area contributed by atoms with E-state index in [1.54, 1.807) is 0 Å². The fourth-order valence-electron chi connectivity index (χ4n) is 0.888. The zero-order valence-electron chi connectivity index (χ0n) is 11.0. The van der Waals surface area contributed by atoms with Gasteiger partial charge in [0.1, 0.15) is 6.29 Å². The summed E-state index contributed by atoms with van der Waals surface area (Å²) in [4.78, 5) is 20.9. The number of aldehydes is 1. The SMILES string of the molecule is CC(C)CC(N)C(=O)NCC=O.CCCC. The number of unbranched alkanes of at least 4 members (excludes halogenated alkanes) is 1. The minimum absolute atomic E-state index is 0.0463. The summed E-state index contributed by atoms with van der Waals surface area (Å²) in [6.07, 6.45) is 3.92. The Bertz CT molecular complexity index is 180. The highest BCUT2D eigenvalue weighted by atomic mass is 16.2. The molecule has 0 saturated heterocycles. The molecule has 0 aromatic rings. The standard InChI is InChI=1S/C8H16N2O2.C4H10/c1-6(2)5-7(9)8(12)10-3-4-11;1-3-4-2/h4,6-7H,3,5,9H2,1-2H3,(H,10,12);3-4H2,1-2H3. The molecule has 1 amide bonds. The predicted molar refractivity (Wildman–Crippen MR) is 67.1 cm³/mol. The number of amides is 1. The maximum absolute atomic E-state index is 11.0. The Labute approximate surface area is 99.0 Å². The molecule has 0 saturated carbocycles. The lowest BCUT2D eigenvalue weighted by atomic mass is 10.0. The monoisotopic (exact) mass is 230 g/mol. The largest absolute Gasteiger partial charge is 0.348 e. The highest BCUT2D eigenvalue weighted by Gasteiger charge is 2.13. The Kier molecular flexibility index (Phi) is 13.3. The van der Waals surface area contributed by atoms with E-state index in [0.29, 0.717) is 18.6 Å². The van der Waals surface area contributed by atoms with Crippen LogP contribution in [0, 0.1) is 5.92 Å². The summed E-state index contributed by atoms with van der Waals surface area (Å²) in [6.45, 7) is 8.39. The molecule has 0 bridgehead atoms. The van der Waals surface area contributed by atoms with E-state index in [0.717, 1.165) is 0 Å². The summed E-state index contributed by atoms with van der Waals surface area (Å²) in [7, 11) is 0. The van der Waals surface area contributed by atoms with Crippen LogP contribution in [0.15, 0.2) is 0 Å². The topological polar surface area (TPSA) is 72.2 Å². The number of nitrogens with one attached hydrogen (secondary N) is 1. The normalized spacial score (nSPS) is 11.4. The van der Waals surface area contributed by atoms with Crippen LogP contribution in [-0.2, 0) is 9.59 Å². The molecular formula is C12H26N2O2. The quantitative estimate of drug-likeness (QED) is 0.679. The molecule has 16 heavy (non-hydrogen) atoms. The second-order valence-electron chi connectivity index (χ2n) is 4.15. The first-order valence-electron chi connectivity index (χ1n) is 5.96. The minimum Gasteiger partial charge on any atom is -0.348 e. The van der Waals surface area contributed by atoms with Gasteiger partial charge in [0.25, 0.3) is 0 Å². The molecule has 3 N–H and O–H groups in total. The van der Waals surface area contributed by atoms with Gasteiger partial charge in [-0.05, 0) is 12.3 Å². The average molecular weight is 230 g/mol. The molecule has 4 heteroatoms. The van der Waals surface area contributed by atoms with E-state index in [1.807, 2.05) is 13.8 Å². The van der Waals surface area contributed by atoms with Crippen LogP contribution in [0.25, 0.3) is 0 Å². The second-order valence-corrected chi connectivity index (χ2v) is 4.15. The molecule has 0 heterocycles. The molecule has 0 aliphatic heterocycles. The molecule has 0 aliphatic carbocycles. The third kappa shape index (κ3) is 13.1. The molecule has 0 aromatic carbocycles. The minimum atomic E-state index is -0.495. The van der Waals surface area contributed by atoms with Crippen LogP contribution in [0.2, 0.25) is 0 Å². The second kappa shape index (κ2) is 12.2. The van der Waals surface area contributed by atoms with Gasteiger partial charge >= 0.3 is 0 Å². The van der Waals surface area contributed by atoms with Crippen molar-refractivity contribution < 1.29 is 9.59 Å². The summed E-state index contributed by atoms with van der Waals surface area (Å²) in [5.74, 6) is 0.137. The first-order valence-corrected chi connectivity index (χ1v) is 5.96. The average Bonchev–Trinajstić information content (AvgIpc) is 2.25. The summed E-state index contributed by atoms with van der Waals surface area (Å²) < 4.78 is 0. The number of hydrogen-bond acceptors (Lipinski definition) is 3. The van der Waals surface area contributed by atoms with Gasteiger partial charge in [-0.15, -0.1) is 0 Å². The molecule has 0 rings (SSSR count). The van der Waals surface area contributed by atoms with Crippen LogP contribution >= 0.6 is 0 Å². The lowest BCUT2D eigenvalue weighted by Gasteiger charge is -2.12. The molecule has 1 atom stereocenters. The Balaban J connectivity index is 0. The van der Waals surface area contributed by atoms with Crippen molar-refractivity contribution in [2.45, 2.75) is 53.0 Å². The molecular weight excluding hydrogens is 204 g/mol. The van der Waals surface area contributed by atoms with Crippen LogP contribution in [0.3, 0.4) is 0 Å². The van der Waals surface area contributed by atoms with Gasteiger partial charge in [0.05, 0.1) is 12.6 Å². The van der Waals surface area contributed by atoms with Crippen molar-refractivity contribution in [1.29, 1.82) is 0 Å². The van der Waals surface area contributed by atoms with E-state index in [-0.39, 0.29) is 12.5 Å². The van der Waals surface area contributed by atoms with Crippen molar-refractivity contribution in [2.24, 2.45) is 11.7 Å². The lowest BCUT2D eigenvalue weighted by molar-refractivity contribution is -0.123. The van der Waals surface area contributed by atoms with Crippen LogP contribution in [0.1, 0.15) is 47.0 Å². The number of carbonyl (C=O) groups excluding carboxylic acids is 2. The van der Waals surface area contributed by atoms with Gasteiger partial charge in [0.15, 0.2) is 0 Å². The van der Waals surface area contributed by atoms with Crippen LogP contribution in [0.5, 0.6) is 0 Å². The molecule has 1 unspecified atom stereocenters. The zero-order chi connectivity index (χ0) is 13.0. The van der Waals surface area contributed by atoms with E-state index < -0.39 is 6.04 Å². The molecule has 0 fully saturated rings. The van der Waals surface area contributed by atoms with Gasteiger partial charge in [-0.25, -0.2) is 0 Å². The predicted octanol–water partition coefficient (Wildman–Crippen LogP) is 1.48. The van der Waals surface area contributed by atoms with Gasteiger partial charge in [-0.2, -0.15) is 0 Å². The van der Waals surface area contributed by atoms with Gasteiger partial charge < -0.3 is 15.8 Å². The zero-order valence-corrected chi connectivity index (χ0v) is 11.0. The Morgan fingerprint density at radius 1 is 1.31 bits per heavy atom. The summed E-state index contributed by atoms with van der Waals surface area (Å²) in [6, 6.07) is -0.495. The number of nitrogens with two attached hydrogens (primary N) is 1. The smallest absolute Gasteiger partial charge is 0.237 e. The van der Waals surface area contributed by atoms with Crippen molar-refractivity contribution in [1.82, 2.24) is 5.32 Å². The number of hydrogen-bond donors (Lipinski definition) is 2. The molecule has 0 aromatic heterocycles. The summed E-state index contributed by atoms with van der Waals surface area (Å²) in [5, 5.41) is 2.41. The molecule has 0 spiro atoms. The highest BCUT2D eigenvalue weighted by Crippen LogP contribution is 2.01. The number of carbonyl (C=O) groups is 2. The maximum Gasteiger partial charge on any atom is 0.237 e. The van der Waals surface area contributed by atoms with Crippen molar-refractivity contribution in [3.8, 4) is 0 Å². The Hall–Kier alpha value is -0.900. The van der Waals surface area contributed by atoms with Gasteiger partial charge in [0.2, 0.25) is 5.91 Å². The van der Waals surface area contributed by atoms with Gasteiger partial charge in [-0.1, -0.05) is 40.5 Å². The molecule has 0 radical (unpaired) electrons. The van der Waals surface area contributed by atoms with E-state index in [2.05, 4.69) is 19.2 Å². The fourth-order valence-corrected chi connectivity index (χ4v) is 0.888. The van der Waals surface area contributed by atoms with Crippen molar-refractivity contribution in [3.05, 3.63) is 0 Å². The lowest BCUT2D eigenvalue weighted by Crippen LogP contribution is -2.41. The van der Waals surface area contributed by atoms with Crippen LogP contribution in [-0.4, -0.2) is 24.8 Å². The third-order valence-corrected chi connectivity index (χ3v) is 1.92. The first kappa shape index (κ1) is 17.5. The van der Waals surface area contributed by atoms with E-state index >= 15 is 0 Å². The fraction of sp³-hybridized carbons (Fsp3) is 0.833. The van der Waals surface area contributed by atoms with E-state index in [1.165, 1.54) is 12.8 Å². The van der Waals surface area contributed by atoms with Gasteiger partial charge in [-0.3, -0.25) is 4.79 Å². The van der Waals surface area contributed by atoms with Crippen molar-refractivity contribution in [2.75, 3.05) is 6.54 Å². The van der Waals surface area contributed by atoms with Crippen molar-refractivity contribution >= 4 is 12.2 Å². The maximum atomic E-state index is 11.0. The van der Waals surface area contributed by atoms with E-state index in [4.69, 9.17) is 5.73 Å². The van der Waals surface area contributed by atoms with Crippen LogP contribution in [0.4, 0.5) is 0 Å². The first-order chi connectivity index (χ1) is 7.49. The Morgan fingerprint density at radius 2 is 1.81 bits per heavy atom. The Morgan fingerprint density at radius 3 is 2.12 bits per heavy atom. The van der Waals surface area contributed by atoms with Gasteiger partial charge in [0, 0.05) is 0 Å². The highest BCUT2D eigenvalue weighted by molar-refractivity contribution is 5.83.